The number of carbonyl (C=O) groups excluding carboxylic acids is 1. The Kier molecular flexibility index (Phi) is 4.85. The molecule has 1 aliphatic heterocycles. The lowest BCUT2D eigenvalue weighted by atomic mass is 10.1. The van der Waals surface area contributed by atoms with Gasteiger partial charge in [-0.1, -0.05) is 12.1 Å². The molecule has 1 fully saturated rings. The van der Waals surface area contributed by atoms with E-state index in [0.717, 1.165) is 31.1 Å². The standard InChI is InChI=1S/C18H20F3N3O/c1-23-10-4-8-15(23)16-9-5-11-24(16)12-17(25)22-14-7-3-2-6-13(14)18(19,20)21/h2-4,6-8,10,16H,5,9,11-12H2,1H3,(H,22,25). The molecule has 1 amide bonds. The van der Waals surface area contributed by atoms with Crippen LogP contribution in [0.3, 0.4) is 0 Å². The van der Waals surface area contributed by atoms with Gasteiger partial charge in [0, 0.05) is 18.9 Å². The lowest BCUT2D eigenvalue weighted by Crippen LogP contribution is -2.33. The van der Waals surface area contributed by atoms with E-state index in [9.17, 15) is 18.0 Å². The van der Waals surface area contributed by atoms with Gasteiger partial charge in [0.2, 0.25) is 5.91 Å². The van der Waals surface area contributed by atoms with Crippen molar-refractivity contribution in [1.29, 1.82) is 0 Å². The van der Waals surface area contributed by atoms with E-state index in [1.807, 2.05) is 34.8 Å². The first kappa shape index (κ1) is 17.5. The maximum Gasteiger partial charge on any atom is 0.418 e. The van der Waals surface area contributed by atoms with Gasteiger partial charge >= 0.3 is 6.18 Å². The van der Waals surface area contributed by atoms with Crippen molar-refractivity contribution in [2.24, 2.45) is 7.05 Å². The van der Waals surface area contributed by atoms with Gasteiger partial charge in [-0.05, 0) is 43.7 Å². The fourth-order valence-electron chi connectivity index (χ4n) is 3.38. The van der Waals surface area contributed by atoms with Crippen LogP contribution in [0.4, 0.5) is 18.9 Å². The molecule has 25 heavy (non-hydrogen) atoms. The molecule has 0 saturated carbocycles. The van der Waals surface area contributed by atoms with Crippen molar-refractivity contribution in [3.63, 3.8) is 0 Å². The van der Waals surface area contributed by atoms with E-state index < -0.39 is 17.6 Å². The number of aryl methyl sites for hydroxylation is 1. The molecule has 1 aliphatic rings. The second-order valence-corrected chi connectivity index (χ2v) is 6.26. The molecule has 0 spiro atoms. The van der Waals surface area contributed by atoms with Gasteiger partial charge in [0.15, 0.2) is 0 Å². The van der Waals surface area contributed by atoms with Gasteiger partial charge in [-0.25, -0.2) is 0 Å². The molecule has 4 nitrogen and oxygen atoms in total. The summed E-state index contributed by atoms with van der Waals surface area (Å²) in [7, 11) is 1.95. The Morgan fingerprint density at radius 3 is 2.68 bits per heavy atom. The molecule has 1 atom stereocenters. The number of halogens is 3. The van der Waals surface area contributed by atoms with Crippen LogP contribution in [0.15, 0.2) is 42.6 Å². The molecule has 3 rings (SSSR count). The molecule has 0 aliphatic carbocycles. The Bertz CT molecular complexity index is 754. The summed E-state index contributed by atoms with van der Waals surface area (Å²) in [5.74, 6) is -0.433. The van der Waals surface area contributed by atoms with Crippen molar-refractivity contribution in [1.82, 2.24) is 9.47 Å². The molecule has 1 saturated heterocycles. The van der Waals surface area contributed by atoms with Gasteiger partial charge in [-0.2, -0.15) is 13.2 Å². The SMILES string of the molecule is Cn1cccc1C1CCCN1CC(=O)Nc1ccccc1C(F)(F)F. The number of aromatic nitrogens is 1. The van der Waals surface area contributed by atoms with Crippen molar-refractivity contribution < 1.29 is 18.0 Å². The Morgan fingerprint density at radius 2 is 2.00 bits per heavy atom. The number of likely N-dealkylation sites (tertiary alicyclic amines) is 1. The number of anilines is 1. The molecule has 2 heterocycles. The third-order valence-electron chi connectivity index (χ3n) is 4.54. The lowest BCUT2D eigenvalue weighted by Gasteiger charge is -2.24. The fourth-order valence-corrected chi connectivity index (χ4v) is 3.38. The molecule has 1 unspecified atom stereocenters. The number of rotatable bonds is 4. The maximum atomic E-state index is 13.0. The monoisotopic (exact) mass is 351 g/mol. The summed E-state index contributed by atoms with van der Waals surface area (Å²) in [6.07, 6.45) is -0.652. The summed E-state index contributed by atoms with van der Waals surface area (Å²) in [5, 5.41) is 2.42. The topological polar surface area (TPSA) is 37.3 Å². The van der Waals surface area contributed by atoms with Crippen molar-refractivity contribution in [2.45, 2.75) is 25.1 Å². The van der Waals surface area contributed by atoms with Gasteiger partial charge in [-0.15, -0.1) is 0 Å². The van der Waals surface area contributed by atoms with Crippen LogP contribution in [0.5, 0.6) is 0 Å². The molecule has 0 radical (unpaired) electrons. The van der Waals surface area contributed by atoms with Crippen molar-refractivity contribution in [3.8, 4) is 0 Å². The predicted octanol–water partition coefficient (Wildman–Crippen LogP) is 3.82. The number of alkyl halides is 3. The first-order valence-corrected chi connectivity index (χ1v) is 8.17. The highest BCUT2D eigenvalue weighted by Crippen LogP contribution is 2.35. The highest BCUT2D eigenvalue weighted by molar-refractivity contribution is 5.93. The molecule has 1 N–H and O–H groups in total. The number of hydrogen-bond acceptors (Lipinski definition) is 2. The molecule has 1 aromatic heterocycles. The zero-order valence-electron chi connectivity index (χ0n) is 13.9. The van der Waals surface area contributed by atoms with Crippen molar-refractivity contribution in [3.05, 3.63) is 53.9 Å². The Labute approximate surface area is 144 Å². The Morgan fingerprint density at radius 1 is 1.24 bits per heavy atom. The minimum absolute atomic E-state index is 0.0715. The van der Waals surface area contributed by atoms with E-state index in [1.165, 1.54) is 18.2 Å². The van der Waals surface area contributed by atoms with Crippen LogP contribution in [0.25, 0.3) is 0 Å². The Balaban J connectivity index is 1.70. The van der Waals surface area contributed by atoms with Gasteiger partial charge < -0.3 is 9.88 Å². The smallest absolute Gasteiger partial charge is 0.353 e. The summed E-state index contributed by atoms with van der Waals surface area (Å²) < 4.78 is 41.1. The molecule has 2 aromatic rings. The third-order valence-corrected chi connectivity index (χ3v) is 4.54. The number of carbonyl (C=O) groups is 1. The zero-order valence-corrected chi connectivity index (χ0v) is 13.9. The highest BCUT2D eigenvalue weighted by atomic mass is 19.4. The van der Waals surface area contributed by atoms with E-state index in [2.05, 4.69) is 5.32 Å². The maximum absolute atomic E-state index is 13.0. The van der Waals surface area contributed by atoms with Gasteiger partial charge in [0.1, 0.15) is 0 Å². The van der Waals surface area contributed by atoms with Gasteiger partial charge in [0.05, 0.1) is 23.8 Å². The first-order valence-electron chi connectivity index (χ1n) is 8.17. The van der Waals surface area contributed by atoms with Crippen LogP contribution < -0.4 is 5.32 Å². The second kappa shape index (κ2) is 6.92. The van der Waals surface area contributed by atoms with Crippen molar-refractivity contribution in [2.75, 3.05) is 18.4 Å². The molecule has 1 aromatic carbocycles. The van der Waals surface area contributed by atoms with Crippen LogP contribution in [0, 0.1) is 0 Å². The number of amides is 1. The Hall–Kier alpha value is -2.28. The van der Waals surface area contributed by atoms with E-state index in [1.54, 1.807) is 0 Å². The van der Waals surface area contributed by atoms with E-state index in [0.29, 0.717) is 0 Å². The predicted molar refractivity (Wildman–Crippen MR) is 89.0 cm³/mol. The third kappa shape index (κ3) is 3.87. The van der Waals surface area contributed by atoms with Crippen LogP contribution in [-0.4, -0.2) is 28.5 Å². The average molecular weight is 351 g/mol. The molecule has 134 valence electrons. The first-order chi connectivity index (χ1) is 11.9. The van der Waals surface area contributed by atoms with Gasteiger partial charge in [-0.3, -0.25) is 9.69 Å². The quantitative estimate of drug-likeness (QED) is 0.909. The number of nitrogens with one attached hydrogen (secondary N) is 1. The lowest BCUT2D eigenvalue weighted by molar-refractivity contribution is -0.137. The fraction of sp³-hybridized carbons (Fsp3) is 0.389. The summed E-state index contributed by atoms with van der Waals surface area (Å²) in [4.78, 5) is 14.3. The van der Waals surface area contributed by atoms with E-state index in [4.69, 9.17) is 0 Å². The highest BCUT2D eigenvalue weighted by Gasteiger charge is 2.34. The summed E-state index contributed by atoms with van der Waals surface area (Å²) in [5.41, 5.74) is 0.0827. The summed E-state index contributed by atoms with van der Waals surface area (Å²) >= 11 is 0. The van der Waals surface area contributed by atoms with Crippen LogP contribution in [-0.2, 0) is 18.0 Å². The van der Waals surface area contributed by atoms with E-state index in [-0.39, 0.29) is 18.3 Å². The van der Waals surface area contributed by atoms with Crippen molar-refractivity contribution >= 4 is 11.6 Å². The molecule has 0 bridgehead atoms. The van der Waals surface area contributed by atoms with Gasteiger partial charge in [0.25, 0.3) is 0 Å². The average Bonchev–Trinajstić information content (AvgIpc) is 3.15. The zero-order chi connectivity index (χ0) is 18.0. The van der Waals surface area contributed by atoms with Crippen LogP contribution in [0.2, 0.25) is 0 Å². The number of para-hydroxylation sites is 1. The van der Waals surface area contributed by atoms with Crippen LogP contribution in [0.1, 0.15) is 30.1 Å². The number of benzene rings is 1. The minimum atomic E-state index is -4.50. The largest absolute Gasteiger partial charge is 0.418 e. The van der Waals surface area contributed by atoms with E-state index >= 15 is 0 Å². The summed E-state index contributed by atoms with van der Waals surface area (Å²) in [6, 6.07) is 9.12. The second-order valence-electron chi connectivity index (χ2n) is 6.26. The number of nitrogens with zero attached hydrogens (tertiary/aromatic N) is 2. The molecule has 7 heteroatoms. The molecular formula is C18H20F3N3O. The summed E-state index contributed by atoms with van der Waals surface area (Å²) in [6.45, 7) is 0.826. The number of hydrogen-bond donors (Lipinski definition) is 1. The minimum Gasteiger partial charge on any atom is -0.353 e. The normalized spacial score (nSPS) is 18.5. The molecular weight excluding hydrogens is 331 g/mol. The van der Waals surface area contributed by atoms with Crippen LogP contribution >= 0.6 is 0 Å².